The van der Waals surface area contributed by atoms with E-state index in [4.69, 9.17) is 9.47 Å². The molecule has 3 aliphatic rings. The second-order valence-electron chi connectivity index (χ2n) is 9.13. The van der Waals surface area contributed by atoms with E-state index in [2.05, 4.69) is 13.8 Å². The molecule has 0 spiro atoms. The van der Waals surface area contributed by atoms with E-state index in [1.165, 1.54) is 13.2 Å². The zero-order chi connectivity index (χ0) is 20.0. The van der Waals surface area contributed by atoms with E-state index in [1.54, 1.807) is 0 Å². The van der Waals surface area contributed by atoms with Gasteiger partial charge in [-0.1, -0.05) is 27.2 Å². The third kappa shape index (κ3) is 3.21. The zero-order valence-corrected chi connectivity index (χ0v) is 16.7. The third-order valence-electron chi connectivity index (χ3n) is 7.94. The van der Waals surface area contributed by atoms with Crippen molar-refractivity contribution in [2.75, 3.05) is 13.7 Å². The Morgan fingerprint density at radius 2 is 2.11 bits per heavy atom. The molecule has 0 aromatic heterocycles. The Bertz CT molecular complexity index is 643. The van der Waals surface area contributed by atoms with Crippen molar-refractivity contribution < 1.29 is 29.3 Å². The standard InChI is InChI=1S/C21H32O6/c1-12-8-17(23)21(3)14(19(25)26-4)6-5-7-16(21)20(12,2)10-15(22)13-9-18(24)27-11-13/h9,12,14-17,22-23H,5-8,10-11H2,1-4H3/t12-,14+,15-,16-,17-,20-,21-/m1/s1. The molecule has 0 aromatic carbocycles. The van der Waals surface area contributed by atoms with Crippen LogP contribution in [-0.2, 0) is 19.1 Å². The van der Waals surface area contributed by atoms with Crippen molar-refractivity contribution in [3.8, 4) is 0 Å². The predicted molar refractivity (Wildman–Crippen MR) is 98.5 cm³/mol. The highest BCUT2D eigenvalue weighted by Crippen LogP contribution is 2.63. The minimum atomic E-state index is -0.762. The van der Waals surface area contributed by atoms with Crippen LogP contribution in [0.15, 0.2) is 11.6 Å². The molecule has 0 saturated heterocycles. The Kier molecular flexibility index (Phi) is 5.43. The second-order valence-corrected chi connectivity index (χ2v) is 9.13. The Hall–Kier alpha value is -1.40. The number of rotatable bonds is 4. The average Bonchev–Trinajstić information content (AvgIpc) is 3.06. The number of carbonyl (C=O) groups is 2. The van der Waals surface area contributed by atoms with Crippen molar-refractivity contribution in [2.24, 2.45) is 28.6 Å². The summed E-state index contributed by atoms with van der Waals surface area (Å²) >= 11 is 0. The molecule has 2 fully saturated rings. The maximum Gasteiger partial charge on any atom is 0.331 e. The number of ether oxygens (including phenoxy) is 2. The summed E-state index contributed by atoms with van der Waals surface area (Å²) in [6, 6.07) is 0. The van der Waals surface area contributed by atoms with Gasteiger partial charge in [0.2, 0.25) is 0 Å². The molecule has 152 valence electrons. The van der Waals surface area contributed by atoms with Crippen LogP contribution in [0.2, 0.25) is 0 Å². The molecule has 2 saturated carbocycles. The van der Waals surface area contributed by atoms with Crippen LogP contribution in [0.5, 0.6) is 0 Å². The number of hydrogen-bond acceptors (Lipinski definition) is 6. The van der Waals surface area contributed by atoms with Gasteiger partial charge in [-0.15, -0.1) is 0 Å². The Balaban J connectivity index is 1.93. The lowest BCUT2D eigenvalue weighted by molar-refractivity contribution is -0.199. The summed E-state index contributed by atoms with van der Waals surface area (Å²) < 4.78 is 10.0. The van der Waals surface area contributed by atoms with Gasteiger partial charge in [0.25, 0.3) is 0 Å². The fourth-order valence-electron chi connectivity index (χ4n) is 6.08. The number of aliphatic hydroxyl groups excluding tert-OH is 2. The molecular formula is C21H32O6. The van der Waals surface area contributed by atoms with E-state index in [0.29, 0.717) is 18.4 Å². The fraction of sp³-hybridized carbons (Fsp3) is 0.810. The molecule has 0 amide bonds. The summed E-state index contributed by atoms with van der Waals surface area (Å²) in [6.45, 7) is 6.43. The Labute approximate surface area is 160 Å². The molecule has 3 rings (SSSR count). The molecular weight excluding hydrogens is 348 g/mol. The van der Waals surface area contributed by atoms with Crippen LogP contribution in [0, 0.1) is 28.6 Å². The summed E-state index contributed by atoms with van der Waals surface area (Å²) in [7, 11) is 1.40. The normalized spacial score (nSPS) is 42.7. The average molecular weight is 380 g/mol. The molecule has 0 radical (unpaired) electrons. The van der Waals surface area contributed by atoms with Gasteiger partial charge in [-0.2, -0.15) is 0 Å². The monoisotopic (exact) mass is 380 g/mol. The highest BCUT2D eigenvalue weighted by atomic mass is 16.5. The SMILES string of the molecule is COC(=O)[C@@H]1CCC[C@@H]2[C@](C)(C[C@@H](O)C3=CC(=O)OC3)[C@H](C)C[C@@H](O)[C@@]21C. The van der Waals surface area contributed by atoms with E-state index >= 15 is 0 Å². The molecule has 6 heteroatoms. The van der Waals surface area contributed by atoms with Gasteiger partial charge in [0.1, 0.15) is 6.61 Å². The van der Waals surface area contributed by atoms with Gasteiger partial charge in [-0.05, 0) is 42.9 Å². The van der Waals surface area contributed by atoms with Gasteiger partial charge < -0.3 is 19.7 Å². The maximum atomic E-state index is 12.5. The lowest BCUT2D eigenvalue weighted by Crippen LogP contribution is -2.61. The minimum absolute atomic E-state index is 0.0786. The number of methoxy groups -OCH3 is 1. The van der Waals surface area contributed by atoms with Crippen LogP contribution in [0.3, 0.4) is 0 Å². The number of cyclic esters (lactones) is 1. The van der Waals surface area contributed by atoms with Crippen molar-refractivity contribution in [3.63, 3.8) is 0 Å². The molecule has 2 aliphatic carbocycles. The van der Waals surface area contributed by atoms with E-state index in [-0.39, 0.29) is 35.7 Å². The lowest BCUT2D eigenvalue weighted by Gasteiger charge is -2.62. The summed E-state index contributed by atoms with van der Waals surface area (Å²) in [5, 5.41) is 21.8. The molecule has 0 unspecified atom stereocenters. The first kappa shape index (κ1) is 20.3. The van der Waals surface area contributed by atoms with Crippen LogP contribution in [0.25, 0.3) is 0 Å². The first-order valence-corrected chi connectivity index (χ1v) is 9.95. The number of carbonyl (C=O) groups excluding carboxylic acids is 2. The smallest absolute Gasteiger partial charge is 0.331 e. The van der Waals surface area contributed by atoms with Crippen molar-refractivity contribution in [3.05, 3.63) is 11.6 Å². The van der Waals surface area contributed by atoms with E-state index in [9.17, 15) is 19.8 Å². The highest BCUT2D eigenvalue weighted by molar-refractivity contribution is 5.85. The molecule has 7 atom stereocenters. The second kappa shape index (κ2) is 7.21. The molecule has 2 N–H and O–H groups in total. The van der Waals surface area contributed by atoms with Crippen LogP contribution in [-0.4, -0.2) is 48.1 Å². The maximum absolute atomic E-state index is 12.5. The van der Waals surface area contributed by atoms with Crippen LogP contribution in [0.4, 0.5) is 0 Å². The van der Waals surface area contributed by atoms with Crippen LogP contribution in [0.1, 0.15) is 52.9 Å². The molecule has 0 bridgehead atoms. The number of esters is 2. The molecule has 27 heavy (non-hydrogen) atoms. The predicted octanol–water partition coefficient (Wildman–Crippen LogP) is 2.22. The number of hydrogen-bond donors (Lipinski definition) is 2. The van der Waals surface area contributed by atoms with Crippen LogP contribution >= 0.6 is 0 Å². The first-order valence-electron chi connectivity index (χ1n) is 9.95. The first-order chi connectivity index (χ1) is 12.6. The van der Waals surface area contributed by atoms with Gasteiger partial charge >= 0.3 is 11.9 Å². The van der Waals surface area contributed by atoms with Gasteiger partial charge in [-0.25, -0.2) is 4.79 Å². The molecule has 1 aliphatic heterocycles. The summed E-state index contributed by atoms with van der Waals surface area (Å²) in [5.41, 5.74) is -0.239. The van der Waals surface area contributed by atoms with Gasteiger partial charge in [0.15, 0.2) is 0 Å². The molecule has 6 nitrogen and oxygen atoms in total. The van der Waals surface area contributed by atoms with Crippen molar-refractivity contribution >= 4 is 11.9 Å². The lowest BCUT2D eigenvalue weighted by atomic mass is 9.43. The number of fused-ring (bicyclic) bond motifs is 1. The fourth-order valence-corrected chi connectivity index (χ4v) is 6.08. The highest BCUT2D eigenvalue weighted by Gasteiger charge is 2.62. The summed E-state index contributed by atoms with van der Waals surface area (Å²) in [4.78, 5) is 23.9. The van der Waals surface area contributed by atoms with Gasteiger partial charge in [0.05, 0.1) is 25.2 Å². The summed E-state index contributed by atoms with van der Waals surface area (Å²) in [5.74, 6) is -0.744. The van der Waals surface area contributed by atoms with Crippen LogP contribution < -0.4 is 0 Å². The topological polar surface area (TPSA) is 93.1 Å². The quantitative estimate of drug-likeness (QED) is 0.727. The molecule has 1 heterocycles. The van der Waals surface area contributed by atoms with Gasteiger partial charge in [-0.3, -0.25) is 4.79 Å². The zero-order valence-electron chi connectivity index (χ0n) is 16.7. The van der Waals surface area contributed by atoms with E-state index in [1.807, 2.05) is 6.92 Å². The van der Waals surface area contributed by atoms with E-state index in [0.717, 1.165) is 19.3 Å². The Morgan fingerprint density at radius 3 is 2.70 bits per heavy atom. The largest absolute Gasteiger partial charge is 0.469 e. The van der Waals surface area contributed by atoms with Crippen molar-refractivity contribution in [1.82, 2.24) is 0 Å². The molecule has 0 aromatic rings. The summed E-state index contributed by atoms with van der Waals surface area (Å²) in [6.07, 6.45) is 3.63. The Morgan fingerprint density at radius 1 is 1.41 bits per heavy atom. The minimum Gasteiger partial charge on any atom is -0.469 e. The van der Waals surface area contributed by atoms with Gasteiger partial charge in [0, 0.05) is 17.1 Å². The van der Waals surface area contributed by atoms with Crippen molar-refractivity contribution in [1.29, 1.82) is 0 Å². The third-order valence-corrected chi connectivity index (χ3v) is 7.94. The number of aliphatic hydroxyl groups is 2. The van der Waals surface area contributed by atoms with E-state index < -0.39 is 23.6 Å². The van der Waals surface area contributed by atoms with Crippen molar-refractivity contribution in [2.45, 2.75) is 65.1 Å².